The van der Waals surface area contributed by atoms with E-state index >= 15 is 0 Å². The van der Waals surface area contributed by atoms with Crippen molar-refractivity contribution in [2.75, 3.05) is 30.7 Å². The largest absolute Gasteiger partial charge is 0.465 e. The molecule has 1 atom stereocenters. The molecular weight excluding hydrogens is 378 g/mol. The Kier molecular flexibility index (Phi) is 5.66. The maximum absolute atomic E-state index is 12.5. The molecule has 1 aliphatic rings. The Hall–Kier alpha value is -3.25. The van der Waals surface area contributed by atoms with Crippen molar-refractivity contribution < 1.29 is 19.4 Å². The quantitative estimate of drug-likeness (QED) is 0.300. The van der Waals surface area contributed by atoms with Crippen LogP contribution in [0.5, 0.6) is 0 Å². The number of amides is 2. The van der Waals surface area contributed by atoms with Crippen LogP contribution < -0.4 is 28.3 Å². The molecule has 154 valence electrons. The maximum atomic E-state index is 12.5. The van der Waals surface area contributed by atoms with E-state index in [4.69, 9.17) is 32.8 Å². The van der Waals surface area contributed by atoms with Crippen molar-refractivity contribution in [1.29, 1.82) is 0 Å². The van der Waals surface area contributed by atoms with E-state index in [9.17, 15) is 9.59 Å². The molecule has 11 nitrogen and oxygen atoms in total. The van der Waals surface area contributed by atoms with E-state index in [0.717, 1.165) is 0 Å². The second-order valence-electron chi connectivity index (χ2n) is 6.75. The summed E-state index contributed by atoms with van der Waals surface area (Å²) >= 11 is 0. The average Bonchev–Trinajstić information content (AvgIpc) is 2.67. The highest BCUT2D eigenvalue weighted by atomic mass is 16.5. The third kappa shape index (κ3) is 4.78. The van der Waals surface area contributed by atoms with Crippen LogP contribution in [0.4, 0.5) is 16.2 Å². The van der Waals surface area contributed by atoms with Gasteiger partial charge in [0.15, 0.2) is 5.79 Å². The Bertz CT molecular complexity index is 929. The molecule has 1 saturated heterocycles. The molecule has 0 radical (unpaired) electrons. The molecule has 0 bridgehead atoms. The molecule has 1 aromatic carbocycles. The molecule has 1 aromatic heterocycles. The predicted molar refractivity (Wildman–Crippen MR) is 106 cm³/mol. The Morgan fingerprint density at radius 1 is 1.24 bits per heavy atom. The number of hydrogen-bond acceptors (Lipinski definition) is 8. The van der Waals surface area contributed by atoms with Crippen LogP contribution in [-0.2, 0) is 10.5 Å². The van der Waals surface area contributed by atoms with Gasteiger partial charge in [0.05, 0.1) is 18.8 Å². The van der Waals surface area contributed by atoms with E-state index in [1.165, 1.54) is 23.2 Å². The number of carbonyl (C=O) groups excluding carboxylic acids is 1. The molecule has 3 rings (SSSR count). The fourth-order valence-corrected chi connectivity index (χ4v) is 2.97. The van der Waals surface area contributed by atoms with E-state index in [-0.39, 0.29) is 24.4 Å². The lowest BCUT2D eigenvalue weighted by atomic mass is 10.0. The normalized spacial score (nSPS) is 17.1. The highest BCUT2D eigenvalue weighted by Crippen LogP contribution is 2.29. The van der Waals surface area contributed by atoms with Crippen LogP contribution in [0.2, 0.25) is 0 Å². The zero-order valence-corrected chi connectivity index (χ0v) is 15.5. The molecule has 29 heavy (non-hydrogen) atoms. The monoisotopic (exact) mass is 401 g/mol. The zero-order valence-electron chi connectivity index (χ0n) is 15.5. The van der Waals surface area contributed by atoms with Gasteiger partial charge in [-0.3, -0.25) is 27.0 Å². The second kappa shape index (κ2) is 8.01. The predicted octanol–water partition coefficient (Wildman–Crippen LogP) is -0.0462. The van der Waals surface area contributed by atoms with E-state index in [1.54, 1.807) is 18.2 Å². The first kappa shape index (κ1) is 20.5. The number of carbonyl (C=O) groups is 2. The molecule has 0 unspecified atom stereocenters. The molecule has 1 aliphatic heterocycles. The van der Waals surface area contributed by atoms with Gasteiger partial charge in [-0.1, -0.05) is 6.07 Å². The first-order chi connectivity index (χ1) is 13.6. The summed E-state index contributed by atoms with van der Waals surface area (Å²) in [5.74, 6) is -2.08. The number of hydrogen-bond donors (Lipinski definition) is 6. The number of morpholine rings is 1. The maximum Gasteiger partial charge on any atom is 0.407 e. The lowest BCUT2D eigenvalue weighted by Gasteiger charge is -2.31. The van der Waals surface area contributed by atoms with Crippen LogP contribution in [0.3, 0.4) is 0 Å². The molecule has 11 heteroatoms. The highest BCUT2D eigenvalue weighted by Gasteiger charge is 2.26. The lowest BCUT2D eigenvalue weighted by Crippen LogP contribution is -2.55. The topological polar surface area (TPSA) is 196 Å². The molecule has 0 spiro atoms. The molecule has 0 aliphatic carbocycles. The number of nitrogens with one attached hydrogen (secondary N) is 1. The van der Waals surface area contributed by atoms with Crippen LogP contribution in [0.1, 0.15) is 27.7 Å². The van der Waals surface area contributed by atoms with Crippen molar-refractivity contribution in [1.82, 2.24) is 9.88 Å². The summed E-state index contributed by atoms with van der Waals surface area (Å²) in [4.78, 5) is 28.9. The average molecular weight is 401 g/mol. The number of rotatable bonds is 4. The Morgan fingerprint density at radius 3 is 2.66 bits per heavy atom. The van der Waals surface area contributed by atoms with Crippen molar-refractivity contribution >= 4 is 23.4 Å². The number of nitrogens with two attached hydrogens (primary N) is 4. The van der Waals surface area contributed by atoms with Gasteiger partial charge < -0.3 is 25.8 Å². The lowest BCUT2D eigenvalue weighted by molar-refractivity contribution is -0.0228. The third-order valence-corrected chi connectivity index (χ3v) is 4.49. The van der Waals surface area contributed by atoms with Gasteiger partial charge >= 0.3 is 6.09 Å². The number of benzene rings is 1. The number of ether oxygens (including phenoxy) is 1. The Morgan fingerprint density at radius 2 is 2.00 bits per heavy atom. The van der Waals surface area contributed by atoms with Crippen molar-refractivity contribution in [3.63, 3.8) is 0 Å². The first-order valence-electron chi connectivity index (χ1n) is 8.78. The third-order valence-electron chi connectivity index (χ3n) is 4.49. The minimum atomic E-state index is -1.66. The van der Waals surface area contributed by atoms with E-state index in [1.807, 2.05) is 0 Å². The summed E-state index contributed by atoms with van der Waals surface area (Å²) in [5, 5.41) is 11.9. The second-order valence-corrected chi connectivity index (χ2v) is 6.75. The van der Waals surface area contributed by atoms with Gasteiger partial charge in [0.2, 0.25) is 0 Å². The minimum Gasteiger partial charge on any atom is -0.465 e. The van der Waals surface area contributed by atoms with Crippen LogP contribution in [0.15, 0.2) is 36.5 Å². The van der Waals surface area contributed by atoms with Crippen LogP contribution in [0.25, 0.3) is 0 Å². The standard InChI is InChI=1S/C18H23N7O4/c19-13-8-11(1-2-12(13)14-9-25(17(27)28)5-6-29-14)24-16(26)10-3-4-23-15(7-10)18(20,21)22/h1-4,7-8,14H,5-6,9,19-22H2,(H,24,26)(H,27,28)/t14-/m0/s1. The smallest absolute Gasteiger partial charge is 0.407 e. The summed E-state index contributed by atoms with van der Waals surface area (Å²) in [6, 6.07) is 7.84. The van der Waals surface area contributed by atoms with Gasteiger partial charge in [-0.2, -0.15) is 0 Å². The summed E-state index contributed by atoms with van der Waals surface area (Å²) in [5.41, 5.74) is 24.9. The van der Waals surface area contributed by atoms with Gasteiger partial charge in [0, 0.05) is 35.2 Å². The number of pyridine rings is 1. The van der Waals surface area contributed by atoms with Crippen LogP contribution in [-0.4, -0.2) is 46.7 Å². The molecular formula is C18H23N7O4. The van der Waals surface area contributed by atoms with Gasteiger partial charge in [-0.25, -0.2) is 4.79 Å². The number of carboxylic acid groups (broad SMARTS) is 1. The number of nitrogen functional groups attached to an aromatic ring is 1. The molecule has 0 saturated carbocycles. The molecule has 2 amide bonds. The Labute approximate surface area is 166 Å². The van der Waals surface area contributed by atoms with Crippen molar-refractivity contribution in [3.8, 4) is 0 Å². The fraction of sp³-hybridized carbons (Fsp3) is 0.278. The first-order valence-corrected chi connectivity index (χ1v) is 8.78. The summed E-state index contributed by atoms with van der Waals surface area (Å²) in [6.07, 6.45) is -0.0921. The Balaban J connectivity index is 1.74. The van der Waals surface area contributed by atoms with Gasteiger partial charge in [-0.05, 0) is 24.3 Å². The van der Waals surface area contributed by atoms with E-state index < -0.39 is 23.9 Å². The fourth-order valence-electron chi connectivity index (χ4n) is 2.97. The molecule has 1 fully saturated rings. The summed E-state index contributed by atoms with van der Waals surface area (Å²) in [7, 11) is 0. The van der Waals surface area contributed by atoms with Crippen molar-refractivity contribution in [2.45, 2.75) is 11.9 Å². The zero-order chi connectivity index (χ0) is 21.2. The molecule has 10 N–H and O–H groups in total. The van der Waals surface area contributed by atoms with Crippen molar-refractivity contribution in [3.05, 3.63) is 53.3 Å². The summed E-state index contributed by atoms with van der Waals surface area (Å²) < 4.78 is 5.65. The van der Waals surface area contributed by atoms with Gasteiger partial charge in [0.1, 0.15) is 6.10 Å². The van der Waals surface area contributed by atoms with E-state index in [2.05, 4.69) is 10.3 Å². The van der Waals surface area contributed by atoms with Crippen LogP contribution >= 0.6 is 0 Å². The van der Waals surface area contributed by atoms with E-state index in [0.29, 0.717) is 23.5 Å². The molecule has 2 aromatic rings. The van der Waals surface area contributed by atoms with Crippen molar-refractivity contribution in [2.24, 2.45) is 17.2 Å². The van der Waals surface area contributed by atoms with Gasteiger partial charge in [0.25, 0.3) is 5.91 Å². The highest BCUT2D eigenvalue weighted by molar-refractivity contribution is 6.04. The van der Waals surface area contributed by atoms with Gasteiger partial charge in [-0.15, -0.1) is 0 Å². The number of nitrogens with zero attached hydrogens (tertiary/aromatic N) is 2. The van der Waals surface area contributed by atoms with Crippen LogP contribution in [0, 0.1) is 0 Å². The number of aromatic nitrogens is 1. The number of anilines is 2. The summed E-state index contributed by atoms with van der Waals surface area (Å²) in [6.45, 7) is 0.776. The minimum absolute atomic E-state index is 0.164. The SMILES string of the molecule is Nc1cc(NC(=O)c2ccnc(C(N)(N)N)c2)ccc1[C@@H]1CN(C(=O)O)CCO1. The molecule has 2 heterocycles.